The third-order valence-electron chi connectivity index (χ3n) is 2.33. The maximum atomic E-state index is 11.6. The minimum absolute atomic E-state index is 0.140. The Hall–Kier alpha value is -2.10. The standard InChI is InChI=1S/C12H12N2O2/c1-2-3-4-10-12(16)14-9-6-5-8(15)7-11(9)13-10/h2,5-7,15H,1,3-4H2,(H,14,16). The molecular formula is C12H12N2O2. The van der Waals surface area contributed by atoms with Gasteiger partial charge >= 0.3 is 0 Å². The number of benzene rings is 1. The maximum absolute atomic E-state index is 11.6. The van der Waals surface area contributed by atoms with Crippen molar-refractivity contribution in [2.45, 2.75) is 12.8 Å². The summed E-state index contributed by atoms with van der Waals surface area (Å²) in [5, 5.41) is 9.32. The number of aromatic amines is 1. The van der Waals surface area contributed by atoms with E-state index in [1.54, 1.807) is 12.1 Å². The summed E-state index contributed by atoms with van der Waals surface area (Å²) in [5.41, 5.74) is 1.52. The summed E-state index contributed by atoms with van der Waals surface area (Å²) in [5.74, 6) is 0.140. The number of nitrogens with one attached hydrogen (secondary N) is 1. The second kappa shape index (κ2) is 4.18. The molecule has 2 aromatic rings. The van der Waals surface area contributed by atoms with E-state index in [1.807, 2.05) is 0 Å². The number of phenolic OH excluding ortho intramolecular Hbond substituents is 1. The smallest absolute Gasteiger partial charge is 0.270 e. The van der Waals surface area contributed by atoms with Crippen molar-refractivity contribution in [2.24, 2.45) is 0 Å². The average molecular weight is 216 g/mol. The Morgan fingerprint density at radius 1 is 1.50 bits per heavy atom. The van der Waals surface area contributed by atoms with E-state index in [0.29, 0.717) is 29.6 Å². The summed E-state index contributed by atoms with van der Waals surface area (Å²) < 4.78 is 0. The van der Waals surface area contributed by atoms with Crippen LogP contribution in [0.3, 0.4) is 0 Å². The molecule has 0 saturated heterocycles. The number of allylic oxidation sites excluding steroid dienone is 1. The molecule has 2 rings (SSSR count). The number of nitrogens with zero attached hydrogens (tertiary/aromatic N) is 1. The first kappa shape index (κ1) is 10.4. The van der Waals surface area contributed by atoms with Crippen molar-refractivity contribution in [1.82, 2.24) is 9.97 Å². The van der Waals surface area contributed by atoms with Crippen LogP contribution in [0.15, 0.2) is 35.6 Å². The Bertz CT molecular complexity index is 587. The maximum Gasteiger partial charge on any atom is 0.270 e. The summed E-state index contributed by atoms with van der Waals surface area (Å²) in [6.07, 6.45) is 3.01. The van der Waals surface area contributed by atoms with Crippen molar-refractivity contribution in [3.05, 3.63) is 46.9 Å². The highest BCUT2D eigenvalue weighted by atomic mass is 16.3. The SMILES string of the molecule is C=CCCc1nc2cc(O)ccc2[nH]c1=O. The van der Waals surface area contributed by atoms with E-state index in [2.05, 4.69) is 16.5 Å². The lowest BCUT2D eigenvalue weighted by Crippen LogP contribution is -2.14. The van der Waals surface area contributed by atoms with Gasteiger partial charge in [0.15, 0.2) is 0 Å². The van der Waals surface area contributed by atoms with Crippen LogP contribution in [0.25, 0.3) is 11.0 Å². The van der Waals surface area contributed by atoms with Gasteiger partial charge in [-0.25, -0.2) is 4.98 Å². The molecule has 82 valence electrons. The number of aryl methyl sites for hydroxylation is 1. The van der Waals surface area contributed by atoms with Gasteiger partial charge in [-0.15, -0.1) is 6.58 Å². The molecule has 1 heterocycles. The number of hydrogen-bond donors (Lipinski definition) is 2. The van der Waals surface area contributed by atoms with Crippen molar-refractivity contribution in [3.63, 3.8) is 0 Å². The third-order valence-corrected chi connectivity index (χ3v) is 2.33. The summed E-state index contributed by atoms with van der Waals surface area (Å²) in [7, 11) is 0. The summed E-state index contributed by atoms with van der Waals surface area (Å²) >= 11 is 0. The van der Waals surface area contributed by atoms with Crippen LogP contribution in [0.4, 0.5) is 0 Å². The van der Waals surface area contributed by atoms with Crippen molar-refractivity contribution in [1.29, 1.82) is 0 Å². The Balaban J connectivity index is 2.55. The summed E-state index contributed by atoms with van der Waals surface area (Å²) in [6.45, 7) is 3.60. The Kier molecular flexibility index (Phi) is 2.72. The quantitative estimate of drug-likeness (QED) is 0.768. The monoisotopic (exact) mass is 216 g/mol. The average Bonchev–Trinajstić information content (AvgIpc) is 2.27. The molecule has 0 radical (unpaired) electrons. The van der Waals surface area contributed by atoms with E-state index in [-0.39, 0.29) is 11.3 Å². The predicted molar refractivity (Wildman–Crippen MR) is 62.5 cm³/mol. The minimum Gasteiger partial charge on any atom is -0.508 e. The van der Waals surface area contributed by atoms with Crippen LogP contribution in [-0.2, 0) is 6.42 Å². The lowest BCUT2D eigenvalue weighted by Gasteiger charge is -2.01. The van der Waals surface area contributed by atoms with Crippen LogP contribution < -0.4 is 5.56 Å². The number of fused-ring (bicyclic) bond motifs is 1. The number of H-pyrrole nitrogens is 1. The molecule has 0 spiro atoms. The molecule has 2 N–H and O–H groups in total. The van der Waals surface area contributed by atoms with Gasteiger partial charge in [0.05, 0.1) is 11.0 Å². The molecule has 0 fully saturated rings. The van der Waals surface area contributed by atoms with Crippen LogP contribution in [0, 0.1) is 0 Å². The minimum atomic E-state index is -0.181. The van der Waals surface area contributed by atoms with Gasteiger partial charge in [0.1, 0.15) is 11.4 Å². The first-order chi connectivity index (χ1) is 7.70. The second-order valence-electron chi connectivity index (χ2n) is 3.54. The molecule has 0 aliphatic heterocycles. The van der Waals surface area contributed by atoms with E-state index in [1.165, 1.54) is 12.1 Å². The van der Waals surface area contributed by atoms with E-state index in [9.17, 15) is 9.90 Å². The van der Waals surface area contributed by atoms with Crippen LogP contribution in [-0.4, -0.2) is 15.1 Å². The van der Waals surface area contributed by atoms with Crippen LogP contribution in [0.2, 0.25) is 0 Å². The molecule has 16 heavy (non-hydrogen) atoms. The van der Waals surface area contributed by atoms with E-state index < -0.39 is 0 Å². The zero-order valence-corrected chi connectivity index (χ0v) is 8.73. The normalized spacial score (nSPS) is 10.5. The fraction of sp³-hybridized carbons (Fsp3) is 0.167. The Labute approximate surface area is 92.3 Å². The molecule has 4 heteroatoms. The molecule has 0 saturated carbocycles. The van der Waals surface area contributed by atoms with Crippen molar-refractivity contribution in [2.75, 3.05) is 0 Å². The molecule has 1 aromatic carbocycles. The summed E-state index contributed by atoms with van der Waals surface area (Å²) in [6, 6.07) is 4.68. The fourth-order valence-corrected chi connectivity index (χ4v) is 1.52. The fourth-order valence-electron chi connectivity index (χ4n) is 1.52. The molecule has 0 aliphatic rings. The molecule has 4 nitrogen and oxygen atoms in total. The van der Waals surface area contributed by atoms with Crippen LogP contribution in [0.1, 0.15) is 12.1 Å². The first-order valence-electron chi connectivity index (χ1n) is 5.03. The number of aromatic nitrogens is 2. The third kappa shape index (κ3) is 1.95. The van der Waals surface area contributed by atoms with Crippen molar-refractivity contribution < 1.29 is 5.11 Å². The number of rotatable bonds is 3. The highest BCUT2D eigenvalue weighted by Crippen LogP contribution is 2.15. The van der Waals surface area contributed by atoms with E-state index in [0.717, 1.165) is 0 Å². The van der Waals surface area contributed by atoms with E-state index in [4.69, 9.17) is 0 Å². The van der Waals surface area contributed by atoms with Crippen LogP contribution >= 0.6 is 0 Å². The zero-order valence-electron chi connectivity index (χ0n) is 8.73. The van der Waals surface area contributed by atoms with Crippen LogP contribution in [0.5, 0.6) is 5.75 Å². The van der Waals surface area contributed by atoms with Gasteiger partial charge in [-0.05, 0) is 25.0 Å². The molecule has 0 unspecified atom stereocenters. The molecule has 0 bridgehead atoms. The molecule has 1 aromatic heterocycles. The van der Waals surface area contributed by atoms with E-state index >= 15 is 0 Å². The van der Waals surface area contributed by atoms with Gasteiger partial charge in [-0.2, -0.15) is 0 Å². The number of phenols is 1. The van der Waals surface area contributed by atoms with Crippen molar-refractivity contribution >= 4 is 11.0 Å². The second-order valence-corrected chi connectivity index (χ2v) is 3.54. The van der Waals surface area contributed by atoms with Gasteiger partial charge < -0.3 is 10.1 Å². The molecular weight excluding hydrogens is 204 g/mol. The van der Waals surface area contributed by atoms with Gasteiger partial charge in [0.25, 0.3) is 5.56 Å². The summed E-state index contributed by atoms with van der Waals surface area (Å²) in [4.78, 5) is 18.6. The Morgan fingerprint density at radius 2 is 2.31 bits per heavy atom. The Morgan fingerprint density at radius 3 is 3.06 bits per heavy atom. The number of aromatic hydroxyl groups is 1. The van der Waals surface area contributed by atoms with Crippen molar-refractivity contribution in [3.8, 4) is 5.75 Å². The highest BCUT2D eigenvalue weighted by molar-refractivity contribution is 5.75. The lowest BCUT2D eigenvalue weighted by atomic mass is 10.2. The first-order valence-corrected chi connectivity index (χ1v) is 5.03. The molecule has 0 amide bonds. The predicted octanol–water partition coefficient (Wildman–Crippen LogP) is 1.75. The van der Waals surface area contributed by atoms with Gasteiger partial charge in [0.2, 0.25) is 0 Å². The highest BCUT2D eigenvalue weighted by Gasteiger charge is 2.04. The van der Waals surface area contributed by atoms with Gasteiger partial charge in [0, 0.05) is 6.07 Å². The zero-order chi connectivity index (χ0) is 11.5. The number of hydrogen-bond acceptors (Lipinski definition) is 3. The lowest BCUT2D eigenvalue weighted by molar-refractivity contribution is 0.476. The molecule has 0 atom stereocenters. The topological polar surface area (TPSA) is 66.0 Å². The largest absolute Gasteiger partial charge is 0.508 e. The van der Waals surface area contributed by atoms with Gasteiger partial charge in [-0.3, -0.25) is 4.79 Å². The molecule has 0 aliphatic carbocycles. The van der Waals surface area contributed by atoms with Gasteiger partial charge in [-0.1, -0.05) is 6.08 Å².